The van der Waals surface area contributed by atoms with Gasteiger partial charge in [-0.25, -0.2) is 0 Å². The molecule has 0 aromatic rings. The van der Waals surface area contributed by atoms with Crippen molar-refractivity contribution >= 4 is 5.91 Å². The highest BCUT2D eigenvalue weighted by atomic mass is 16.5. The van der Waals surface area contributed by atoms with E-state index in [0.717, 1.165) is 25.9 Å². The second-order valence-corrected chi connectivity index (χ2v) is 4.03. The van der Waals surface area contributed by atoms with Crippen LogP contribution >= 0.6 is 0 Å². The Morgan fingerprint density at radius 2 is 2.47 bits per heavy atom. The van der Waals surface area contributed by atoms with Crippen molar-refractivity contribution in [1.29, 1.82) is 0 Å². The molecule has 4 heteroatoms. The molecule has 1 rings (SSSR count). The summed E-state index contributed by atoms with van der Waals surface area (Å²) in [5.74, 6) is 0.144. The Hall–Kier alpha value is -0.610. The molecule has 0 aromatic heterocycles. The molecule has 15 heavy (non-hydrogen) atoms. The van der Waals surface area contributed by atoms with E-state index in [0.29, 0.717) is 19.1 Å². The van der Waals surface area contributed by atoms with Gasteiger partial charge in [-0.05, 0) is 32.2 Å². The molecule has 0 saturated carbocycles. The van der Waals surface area contributed by atoms with Gasteiger partial charge < -0.3 is 15.4 Å². The van der Waals surface area contributed by atoms with Crippen molar-refractivity contribution in [2.45, 2.75) is 38.1 Å². The first-order valence-corrected chi connectivity index (χ1v) is 5.82. The lowest BCUT2D eigenvalue weighted by Gasteiger charge is -2.10. The second-order valence-electron chi connectivity index (χ2n) is 4.03. The summed E-state index contributed by atoms with van der Waals surface area (Å²) in [5.41, 5.74) is 0. The quantitative estimate of drug-likeness (QED) is 0.612. The fraction of sp³-hybridized carbons (Fsp3) is 0.909. The lowest BCUT2D eigenvalue weighted by molar-refractivity contribution is -0.121. The summed E-state index contributed by atoms with van der Waals surface area (Å²) in [6, 6.07) is 0.615. The van der Waals surface area contributed by atoms with Gasteiger partial charge in [0.05, 0.1) is 0 Å². The van der Waals surface area contributed by atoms with Crippen LogP contribution in [0.1, 0.15) is 32.1 Å². The van der Waals surface area contributed by atoms with E-state index in [-0.39, 0.29) is 5.91 Å². The maximum atomic E-state index is 11.3. The van der Waals surface area contributed by atoms with Crippen LogP contribution in [0.3, 0.4) is 0 Å². The lowest BCUT2D eigenvalue weighted by atomic mass is 10.1. The van der Waals surface area contributed by atoms with Crippen LogP contribution in [0.4, 0.5) is 0 Å². The van der Waals surface area contributed by atoms with Crippen molar-refractivity contribution < 1.29 is 9.53 Å². The van der Waals surface area contributed by atoms with Crippen molar-refractivity contribution in [3.05, 3.63) is 0 Å². The summed E-state index contributed by atoms with van der Waals surface area (Å²) in [4.78, 5) is 11.3. The third-order valence-corrected chi connectivity index (χ3v) is 2.73. The van der Waals surface area contributed by atoms with Crippen LogP contribution in [0.25, 0.3) is 0 Å². The molecule has 1 atom stereocenters. The van der Waals surface area contributed by atoms with Crippen LogP contribution < -0.4 is 10.6 Å². The molecule has 88 valence electrons. The third kappa shape index (κ3) is 5.74. The second kappa shape index (κ2) is 7.65. The Balaban J connectivity index is 1.91. The van der Waals surface area contributed by atoms with E-state index in [1.807, 2.05) is 0 Å². The summed E-state index contributed by atoms with van der Waals surface area (Å²) in [6.45, 7) is 2.59. The van der Waals surface area contributed by atoms with Gasteiger partial charge in [0.25, 0.3) is 0 Å². The van der Waals surface area contributed by atoms with Crippen molar-refractivity contribution in [3.8, 4) is 0 Å². The minimum atomic E-state index is 0.144. The molecular weight excluding hydrogens is 192 g/mol. The zero-order valence-corrected chi connectivity index (χ0v) is 9.55. The molecule has 1 fully saturated rings. The summed E-state index contributed by atoms with van der Waals surface area (Å²) < 4.78 is 4.89. The number of hydrogen-bond acceptors (Lipinski definition) is 3. The molecule has 4 nitrogen and oxygen atoms in total. The van der Waals surface area contributed by atoms with Gasteiger partial charge >= 0.3 is 0 Å². The average molecular weight is 214 g/mol. The summed E-state index contributed by atoms with van der Waals surface area (Å²) in [7, 11) is 1.66. The molecule has 1 unspecified atom stereocenters. The zero-order chi connectivity index (χ0) is 10.9. The van der Waals surface area contributed by atoms with Crippen molar-refractivity contribution in [3.63, 3.8) is 0 Å². The van der Waals surface area contributed by atoms with Gasteiger partial charge in [0.1, 0.15) is 0 Å². The van der Waals surface area contributed by atoms with Crippen LogP contribution in [0.2, 0.25) is 0 Å². The molecule has 0 bridgehead atoms. The van der Waals surface area contributed by atoms with Gasteiger partial charge in [-0.3, -0.25) is 4.79 Å². The van der Waals surface area contributed by atoms with Crippen LogP contribution in [0, 0.1) is 0 Å². The number of amides is 1. The van der Waals surface area contributed by atoms with Crippen molar-refractivity contribution in [2.75, 3.05) is 26.8 Å². The molecule has 0 aromatic carbocycles. The van der Waals surface area contributed by atoms with E-state index in [2.05, 4.69) is 10.6 Å². The number of ether oxygens (including phenoxy) is 1. The van der Waals surface area contributed by atoms with Gasteiger partial charge in [0, 0.05) is 32.7 Å². The highest BCUT2D eigenvalue weighted by Gasteiger charge is 2.13. The average Bonchev–Trinajstić information content (AvgIpc) is 2.71. The normalized spacial score (nSPS) is 20.5. The van der Waals surface area contributed by atoms with E-state index < -0.39 is 0 Å². The van der Waals surface area contributed by atoms with E-state index in [9.17, 15) is 4.79 Å². The zero-order valence-electron chi connectivity index (χ0n) is 9.55. The van der Waals surface area contributed by atoms with Gasteiger partial charge in [0.15, 0.2) is 0 Å². The minimum Gasteiger partial charge on any atom is -0.385 e. The molecule has 1 saturated heterocycles. The minimum absolute atomic E-state index is 0.144. The Morgan fingerprint density at radius 1 is 1.60 bits per heavy atom. The standard InChI is InChI=1S/C11H22N2O2/c1-15-9-3-5-11(14)13-8-6-10-4-2-7-12-10/h10,12H,2-9H2,1H3,(H,13,14). The van der Waals surface area contributed by atoms with Crippen LogP contribution in [-0.4, -0.2) is 38.8 Å². The number of hydrogen-bond donors (Lipinski definition) is 2. The molecular formula is C11H22N2O2. The summed E-state index contributed by atoms with van der Waals surface area (Å²) in [6.07, 6.45) is 4.96. The highest BCUT2D eigenvalue weighted by Crippen LogP contribution is 2.07. The number of rotatable bonds is 7. The van der Waals surface area contributed by atoms with Crippen molar-refractivity contribution in [2.24, 2.45) is 0 Å². The van der Waals surface area contributed by atoms with E-state index in [4.69, 9.17) is 4.74 Å². The van der Waals surface area contributed by atoms with Crippen LogP contribution in [0.5, 0.6) is 0 Å². The first kappa shape index (κ1) is 12.5. The molecule has 1 aliphatic rings. The lowest BCUT2D eigenvalue weighted by Crippen LogP contribution is -2.30. The van der Waals surface area contributed by atoms with Gasteiger partial charge in [-0.2, -0.15) is 0 Å². The summed E-state index contributed by atoms with van der Waals surface area (Å²) >= 11 is 0. The first-order chi connectivity index (χ1) is 7.33. The fourth-order valence-corrected chi connectivity index (χ4v) is 1.85. The Labute approximate surface area is 91.8 Å². The Kier molecular flexibility index (Phi) is 6.36. The van der Waals surface area contributed by atoms with Gasteiger partial charge in [-0.15, -0.1) is 0 Å². The largest absolute Gasteiger partial charge is 0.385 e. The van der Waals surface area contributed by atoms with E-state index in [1.165, 1.54) is 12.8 Å². The Morgan fingerprint density at radius 3 is 3.13 bits per heavy atom. The molecule has 2 N–H and O–H groups in total. The molecule has 0 radical (unpaired) electrons. The molecule has 1 amide bonds. The van der Waals surface area contributed by atoms with Crippen LogP contribution in [0.15, 0.2) is 0 Å². The van der Waals surface area contributed by atoms with E-state index in [1.54, 1.807) is 7.11 Å². The third-order valence-electron chi connectivity index (χ3n) is 2.73. The predicted molar refractivity (Wildman–Crippen MR) is 59.8 cm³/mol. The van der Waals surface area contributed by atoms with Crippen molar-refractivity contribution in [1.82, 2.24) is 10.6 Å². The molecule has 1 aliphatic heterocycles. The molecule has 1 heterocycles. The number of carbonyl (C=O) groups is 1. The van der Waals surface area contributed by atoms with Crippen LogP contribution in [-0.2, 0) is 9.53 Å². The monoisotopic (exact) mass is 214 g/mol. The van der Waals surface area contributed by atoms with Gasteiger partial charge in [0.2, 0.25) is 5.91 Å². The number of nitrogens with one attached hydrogen (secondary N) is 2. The fourth-order valence-electron chi connectivity index (χ4n) is 1.85. The topological polar surface area (TPSA) is 50.4 Å². The SMILES string of the molecule is COCCCC(=O)NCCC1CCCN1. The number of carbonyl (C=O) groups excluding carboxylic acids is 1. The van der Waals surface area contributed by atoms with Gasteiger partial charge in [-0.1, -0.05) is 0 Å². The Bertz CT molecular complexity index is 179. The summed E-state index contributed by atoms with van der Waals surface area (Å²) in [5, 5.41) is 6.35. The first-order valence-electron chi connectivity index (χ1n) is 5.82. The highest BCUT2D eigenvalue weighted by molar-refractivity contribution is 5.75. The smallest absolute Gasteiger partial charge is 0.220 e. The maximum Gasteiger partial charge on any atom is 0.220 e. The predicted octanol–water partition coefficient (Wildman–Crippen LogP) is 0.671. The molecule has 0 spiro atoms. The number of methoxy groups -OCH3 is 1. The maximum absolute atomic E-state index is 11.3. The van der Waals surface area contributed by atoms with E-state index >= 15 is 0 Å². The molecule has 0 aliphatic carbocycles.